The molecule has 1 heterocycles. The van der Waals surface area contributed by atoms with Gasteiger partial charge in [0.2, 0.25) is 10.0 Å². The summed E-state index contributed by atoms with van der Waals surface area (Å²) in [5.41, 5.74) is -0.316. The van der Waals surface area contributed by atoms with E-state index in [0.717, 1.165) is 43.9 Å². The molecule has 166 valence electrons. The van der Waals surface area contributed by atoms with Gasteiger partial charge < -0.3 is 10.1 Å². The van der Waals surface area contributed by atoms with Crippen molar-refractivity contribution in [1.29, 1.82) is 0 Å². The van der Waals surface area contributed by atoms with E-state index in [1.54, 1.807) is 0 Å². The zero-order valence-electron chi connectivity index (χ0n) is 16.6. The van der Waals surface area contributed by atoms with Crippen LogP contribution in [0.5, 0.6) is 0 Å². The molecular weight excluding hydrogens is 430 g/mol. The average molecular weight is 452 g/mol. The van der Waals surface area contributed by atoms with Gasteiger partial charge in [-0.25, -0.2) is 22.0 Å². The van der Waals surface area contributed by atoms with E-state index in [-0.39, 0.29) is 16.1 Å². The van der Waals surface area contributed by atoms with Crippen molar-refractivity contribution in [3.8, 4) is 0 Å². The molecule has 7 nitrogen and oxygen atoms in total. The molecule has 0 saturated carbocycles. The van der Waals surface area contributed by atoms with Crippen molar-refractivity contribution in [2.75, 3.05) is 25.0 Å². The van der Waals surface area contributed by atoms with Gasteiger partial charge in [-0.3, -0.25) is 4.79 Å². The van der Waals surface area contributed by atoms with Crippen LogP contribution in [0, 0.1) is 11.6 Å². The van der Waals surface area contributed by atoms with Gasteiger partial charge in [-0.05, 0) is 49.2 Å². The van der Waals surface area contributed by atoms with Gasteiger partial charge in [-0.1, -0.05) is 12.8 Å². The molecule has 1 N–H and O–H groups in total. The second kappa shape index (κ2) is 9.97. The predicted molar refractivity (Wildman–Crippen MR) is 109 cm³/mol. The Morgan fingerprint density at radius 3 is 2.26 bits per heavy atom. The minimum absolute atomic E-state index is 0.0551. The molecule has 1 saturated heterocycles. The van der Waals surface area contributed by atoms with Crippen LogP contribution < -0.4 is 5.32 Å². The van der Waals surface area contributed by atoms with Gasteiger partial charge in [0.1, 0.15) is 11.6 Å². The summed E-state index contributed by atoms with van der Waals surface area (Å²) in [6.45, 7) is 0.211. The van der Waals surface area contributed by atoms with Gasteiger partial charge in [0, 0.05) is 19.2 Å². The van der Waals surface area contributed by atoms with Crippen molar-refractivity contribution >= 4 is 27.6 Å². The number of carbonyl (C=O) groups excluding carboxylic acids is 2. The highest BCUT2D eigenvalue weighted by Crippen LogP contribution is 2.21. The van der Waals surface area contributed by atoms with Crippen molar-refractivity contribution in [1.82, 2.24) is 4.31 Å². The van der Waals surface area contributed by atoms with Crippen molar-refractivity contribution < 1.29 is 31.5 Å². The molecule has 1 aliphatic rings. The Bertz CT molecular complexity index is 1050. The number of carbonyl (C=O) groups is 2. The average Bonchev–Trinajstić information content (AvgIpc) is 3.05. The second-order valence-electron chi connectivity index (χ2n) is 7.09. The minimum atomic E-state index is -3.64. The molecule has 0 aliphatic carbocycles. The van der Waals surface area contributed by atoms with E-state index in [1.165, 1.54) is 28.6 Å². The van der Waals surface area contributed by atoms with E-state index in [9.17, 15) is 26.8 Å². The summed E-state index contributed by atoms with van der Waals surface area (Å²) < 4.78 is 58.5. The Labute approximate surface area is 179 Å². The van der Waals surface area contributed by atoms with Crippen molar-refractivity contribution in [2.45, 2.75) is 30.6 Å². The van der Waals surface area contributed by atoms with Crippen LogP contribution in [0.3, 0.4) is 0 Å². The summed E-state index contributed by atoms with van der Waals surface area (Å²) in [5.74, 6) is -3.27. The number of nitrogens with one attached hydrogen (secondary N) is 1. The first kappa shape index (κ1) is 22.8. The Balaban J connectivity index is 1.58. The molecule has 1 amide bonds. The lowest BCUT2D eigenvalue weighted by molar-refractivity contribution is -0.119. The molecule has 2 aromatic carbocycles. The van der Waals surface area contributed by atoms with Gasteiger partial charge in [0.15, 0.2) is 6.61 Å². The first-order valence-corrected chi connectivity index (χ1v) is 11.2. The lowest BCUT2D eigenvalue weighted by Crippen LogP contribution is -2.31. The van der Waals surface area contributed by atoms with Crippen LogP contribution in [0.15, 0.2) is 47.4 Å². The zero-order chi connectivity index (χ0) is 22.4. The number of benzene rings is 2. The fraction of sp³-hybridized carbons (Fsp3) is 0.333. The predicted octanol–water partition coefficient (Wildman–Crippen LogP) is 3.33. The molecule has 0 spiro atoms. The summed E-state index contributed by atoms with van der Waals surface area (Å²) in [7, 11) is -3.64. The van der Waals surface area contributed by atoms with Crippen LogP contribution in [-0.2, 0) is 19.6 Å². The summed E-state index contributed by atoms with van der Waals surface area (Å²) in [5, 5.41) is 2.11. The monoisotopic (exact) mass is 452 g/mol. The standard InChI is InChI=1S/C21H22F2N2O5S/c22-16-7-10-18(23)19(13-16)24-20(26)14-30-21(27)15-5-8-17(9-6-15)31(28,29)25-11-3-1-2-4-12-25/h5-10,13H,1-4,11-12,14H2,(H,24,26). The number of amides is 1. The second-order valence-corrected chi connectivity index (χ2v) is 9.03. The van der Waals surface area contributed by atoms with E-state index >= 15 is 0 Å². The highest BCUT2D eigenvalue weighted by molar-refractivity contribution is 7.89. The zero-order valence-corrected chi connectivity index (χ0v) is 17.5. The van der Waals surface area contributed by atoms with Crippen LogP contribution in [0.25, 0.3) is 0 Å². The third-order valence-corrected chi connectivity index (χ3v) is 6.74. The Kier molecular flexibility index (Phi) is 7.34. The van der Waals surface area contributed by atoms with Gasteiger partial charge in [0.05, 0.1) is 16.1 Å². The van der Waals surface area contributed by atoms with Crippen LogP contribution >= 0.6 is 0 Å². The SMILES string of the molecule is O=C(COC(=O)c1ccc(S(=O)(=O)N2CCCCCC2)cc1)Nc1cc(F)ccc1F. The third-order valence-electron chi connectivity index (χ3n) is 4.83. The molecule has 2 aromatic rings. The van der Waals surface area contributed by atoms with E-state index in [1.807, 2.05) is 0 Å². The number of hydrogen-bond donors (Lipinski definition) is 1. The first-order chi connectivity index (χ1) is 14.8. The normalized spacial score (nSPS) is 15.2. The maximum Gasteiger partial charge on any atom is 0.338 e. The van der Waals surface area contributed by atoms with E-state index in [4.69, 9.17) is 4.74 Å². The molecule has 1 fully saturated rings. The molecule has 31 heavy (non-hydrogen) atoms. The highest BCUT2D eigenvalue weighted by atomic mass is 32.2. The smallest absolute Gasteiger partial charge is 0.338 e. The molecule has 0 aromatic heterocycles. The van der Waals surface area contributed by atoms with E-state index in [2.05, 4.69) is 5.32 Å². The molecule has 0 unspecified atom stereocenters. The number of ether oxygens (including phenoxy) is 1. The third kappa shape index (κ3) is 5.86. The minimum Gasteiger partial charge on any atom is -0.452 e. The number of esters is 1. The number of rotatable bonds is 6. The van der Waals surface area contributed by atoms with Crippen molar-refractivity contribution in [2.24, 2.45) is 0 Å². The maximum atomic E-state index is 13.5. The van der Waals surface area contributed by atoms with Crippen molar-refractivity contribution in [3.63, 3.8) is 0 Å². The molecule has 1 aliphatic heterocycles. The Hall–Kier alpha value is -2.85. The number of sulfonamides is 1. The first-order valence-electron chi connectivity index (χ1n) is 9.79. The number of hydrogen-bond acceptors (Lipinski definition) is 5. The van der Waals surface area contributed by atoms with Crippen LogP contribution in [0.1, 0.15) is 36.0 Å². The number of halogens is 2. The van der Waals surface area contributed by atoms with Gasteiger partial charge in [-0.15, -0.1) is 0 Å². The molecule has 0 atom stereocenters. The lowest BCUT2D eigenvalue weighted by Gasteiger charge is -2.19. The molecular formula is C21H22F2N2O5S. The molecule has 0 bridgehead atoms. The van der Waals surface area contributed by atoms with Gasteiger partial charge >= 0.3 is 5.97 Å². The largest absolute Gasteiger partial charge is 0.452 e. The Morgan fingerprint density at radius 1 is 0.968 bits per heavy atom. The maximum absolute atomic E-state index is 13.5. The fourth-order valence-corrected chi connectivity index (χ4v) is 4.71. The lowest BCUT2D eigenvalue weighted by atomic mass is 10.2. The van der Waals surface area contributed by atoms with Gasteiger partial charge in [-0.2, -0.15) is 4.31 Å². The van der Waals surface area contributed by atoms with E-state index < -0.39 is 40.1 Å². The summed E-state index contributed by atoms with van der Waals surface area (Å²) >= 11 is 0. The summed E-state index contributed by atoms with van der Waals surface area (Å²) in [6, 6.07) is 7.81. The molecule has 0 radical (unpaired) electrons. The summed E-state index contributed by atoms with van der Waals surface area (Å²) in [6.07, 6.45) is 3.61. The summed E-state index contributed by atoms with van der Waals surface area (Å²) in [4.78, 5) is 24.0. The topological polar surface area (TPSA) is 92.8 Å². The number of nitrogens with zero attached hydrogens (tertiary/aromatic N) is 1. The fourth-order valence-electron chi connectivity index (χ4n) is 3.19. The van der Waals surface area contributed by atoms with Gasteiger partial charge in [0.25, 0.3) is 5.91 Å². The highest BCUT2D eigenvalue weighted by Gasteiger charge is 2.25. The van der Waals surface area contributed by atoms with Crippen LogP contribution in [0.4, 0.5) is 14.5 Å². The molecule has 10 heteroatoms. The van der Waals surface area contributed by atoms with Crippen molar-refractivity contribution in [3.05, 3.63) is 59.7 Å². The number of anilines is 1. The van der Waals surface area contributed by atoms with Crippen LogP contribution in [-0.4, -0.2) is 44.3 Å². The quantitative estimate of drug-likeness (QED) is 0.679. The van der Waals surface area contributed by atoms with Crippen LogP contribution in [0.2, 0.25) is 0 Å². The molecule has 3 rings (SSSR count). The Morgan fingerprint density at radius 2 is 1.61 bits per heavy atom. The van der Waals surface area contributed by atoms with E-state index in [0.29, 0.717) is 13.1 Å².